The average molecular weight is 168 g/mol. The van der Waals surface area contributed by atoms with E-state index in [2.05, 4.69) is 5.32 Å². The second-order valence-electron chi connectivity index (χ2n) is 2.95. The van der Waals surface area contributed by atoms with Crippen molar-refractivity contribution in [3.63, 3.8) is 0 Å². The van der Waals surface area contributed by atoms with Crippen molar-refractivity contribution < 1.29 is 4.39 Å². The molecule has 0 aromatic rings. The van der Waals surface area contributed by atoms with Gasteiger partial charge in [0.15, 0.2) is 0 Å². The van der Waals surface area contributed by atoms with Crippen LogP contribution in [0.15, 0.2) is 0 Å². The topological polar surface area (TPSA) is 35.8 Å². The predicted molar refractivity (Wildman–Crippen MR) is 47.8 cm³/mol. The van der Waals surface area contributed by atoms with Crippen LogP contribution in [0.3, 0.4) is 0 Å². The van der Waals surface area contributed by atoms with E-state index in [-0.39, 0.29) is 19.0 Å². The minimum atomic E-state index is -1.75. The third-order valence-corrected chi connectivity index (χ3v) is 1.85. The second-order valence-corrected chi connectivity index (χ2v) is 2.95. The van der Waals surface area contributed by atoms with Crippen molar-refractivity contribution in [3.05, 3.63) is 0 Å². The van der Waals surface area contributed by atoms with E-state index >= 15 is 0 Å². The number of rotatable bonds is 5. The molecular formula is C8H14BFN2. The molecule has 0 spiro atoms. The van der Waals surface area contributed by atoms with E-state index in [4.69, 9.17) is 13.1 Å². The van der Waals surface area contributed by atoms with Crippen molar-refractivity contribution in [3.8, 4) is 6.07 Å². The van der Waals surface area contributed by atoms with Gasteiger partial charge in [0.25, 0.3) is 0 Å². The Morgan fingerprint density at radius 2 is 2.33 bits per heavy atom. The zero-order chi connectivity index (χ0) is 9.61. The van der Waals surface area contributed by atoms with E-state index < -0.39 is 5.67 Å². The lowest BCUT2D eigenvalue weighted by molar-refractivity contribution is 0.219. The van der Waals surface area contributed by atoms with E-state index in [0.29, 0.717) is 6.32 Å². The molecule has 0 aliphatic heterocycles. The molecule has 0 aromatic heterocycles. The zero-order valence-corrected chi connectivity index (χ0v) is 7.60. The molecule has 12 heavy (non-hydrogen) atoms. The normalized spacial score (nSPS) is 17.8. The Morgan fingerprint density at radius 1 is 1.75 bits per heavy atom. The first-order valence-corrected chi connectivity index (χ1v) is 4.11. The van der Waals surface area contributed by atoms with E-state index in [1.54, 1.807) is 13.0 Å². The van der Waals surface area contributed by atoms with Gasteiger partial charge in [-0.05, 0) is 12.5 Å². The Bertz CT molecular complexity index is 169. The number of nitriles is 1. The molecule has 2 unspecified atom stereocenters. The Hall–Kier alpha value is -0.555. The Kier molecular flexibility index (Phi) is 4.92. The van der Waals surface area contributed by atoms with E-state index in [1.807, 2.05) is 6.92 Å². The SMILES string of the molecule is [B]CC(C)NCC(F)(C#N)CC. The summed E-state index contributed by atoms with van der Waals surface area (Å²) >= 11 is 0. The van der Waals surface area contributed by atoms with Crippen LogP contribution in [0.2, 0.25) is 6.32 Å². The molecule has 66 valence electrons. The molecule has 0 aromatic carbocycles. The first kappa shape index (κ1) is 11.4. The fraction of sp³-hybridized carbons (Fsp3) is 0.875. The Balaban J connectivity index is 3.83. The van der Waals surface area contributed by atoms with Gasteiger partial charge < -0.3 is 5.32 Å². The van der Waals surface area contributed by atoms with Gasteiger partial charge in [0.2, 0.25) is 5.67 Å². The first-order valence-electron chi connectivity index (χ1n) is 4.11. The zero-order valence-electron chi connectivity index (χ0n) is 7.60. The first-order chi connectivity index (χ1) is 5.58. The van der Waals surface area contributed by atoms with Crippen LogP contribution in [0.1, 0.15) is 20.3 Å². The summed E-state index contributed by atoms with van der Waals surface area (Å²) in [7, 11) is 5.32. The lowest BCUT2D eigenvalue weighted by atomic mass is 9.97. The van der Waals surface area contributed by atoms with Crippen LogP contribution in [-0.2, 0) is 0 Å². The van der Waals surface area contributed by atoms with E-state index in [9.17, 15) is 4.39 Å². The van der Waals surface area contributed by atoms with Crippen molar-refractivity contribution in [2.24, 2.45) is 0 Å². The molecule has 0 heterocycles. The number of halogens is 1. The van der Waals surface area contributed by atoms with Crippen LogP contribution in [0.5, 0.6) is 0 Å². The number of nitrogens with zero attached hydrogens (tertiary/aromatic N) is 1. The van der Waals surface area contributed by atoms with Crippen molar-refractivity contribution in [2.75, 3.05) is 6.54 Å². The maximum absolute atomic E-state index is 13.3. The van der Waals surface area contributed by atoms with Gasteiger partial charge in [0, 0.05) is 6.54 Å². The van der Waals surface area contributed by atoms with Gasteiger partial charge in [-0.1, -0.05) is 20.2 Å². The summed E-state index contributed by atoms with van der Waals surface area (Å²) in [5.41, 5.74) is -1.75. The van der Waals surface area contributed by atoms with Crippen LogP contribution in [0, 0.1) is 11.3 Å². The molecule has 0 amide bonds. The summed E-state index contributed by atoms with van der Waals surface area (Å²) < 4.78 is 13.3. The maximum atomic E-state index is 13.3. The highest BCUT2D eigenvalue weighted by molar-refractivity contribution is 6.08. The quantitative estimate of drug-likeness (QED) is 0.626. The van der Waals surface area contributed by atoms with Gasteiger partial charge in [-0.25, -0.2) is 4.39 Å². The predicted octanol–water partition coefficient (Wildman–Crippen LogP) is 1.19. The average Bonchev–Trinajstić information content (AvgIpc) is 2.13. The molecule has 0 aliphatic carbocycles. The molecule has 2 atom stereocenters. The number of hydrogen-bond acceptors (Lipinski definition) is 2. The van der Waals surface area contributed by atoms with Gasteiger partial charge in [0.1, 0.15) is 6.07 Å². The lowest BCUT2D eigenvalue weighted by Crippen LogP contribution is -2.39. The molecule has 0 bridgehead atoms. The molecule has 1 N–H and O–H groups in total. The van der Waals surface area contributed by atoms with Crippen molar-refractivity contribution in [2.45, 2.75) is 38.3 Å². The molecule has 2 radical (unpaired) electrons. The molecule has 0 rings (SSSR count). The highest BCUT2D eigenvalue weighted by atomic mass is 19.1. The smallest absolute Gasteiger partial charge is 0.208 e. The van der Waals surface area contributed by atoms with Crippen LogP contribution in [-0.4, -0.2) is 26.1 Å². The summed E-state index contributed by atoms with van der Waals surface area (Å²) in [4.78, 5) is 0. The van der Waals surface area contributed by atoms with E-state index in [0.717, 1.165) is 0 Å². The fourth-order valence-electron chi connectivity index (χ4n) is 0.663. The highest BCUT2D eigenvalue weighted by Crippen LogP contribution is 2.13. The van der Waals surface area contributed by atoms with Crippen LogP contribution < -0.4 is 5.32 Å². The number of hydrogen-bond donors (Lipinski definition) is 1. The van der Waals surface area contributed by atoms with Crippen LogP contribution in [0.4, 0.5) is 4.39 Å². The molecule has 0 aliphatic rings. The molecule has 4 heteroatoms. The standard InChI is InChI=1S/C8H14BFN2/c1-3-8(10,5-11)6-12-7(2)4-9/h7,12H,3-4,6H2,1-2H3. The largest absolute Gasteiger partial charge is 0.311 e. The summed E-state index contributed by atoms with van der Waals surface area (Å²) in [5.74, 6) is 0. The third kappa shape index (κ3) is 3.73. The molecule has 0 saturated heterocycles. The minimum absolute atomic E-state index is 0.0539. The maximum Gasteiger partial charge on any atom is 0.208 e. The molecule has 2 nitrogen and oxygen atoms in total. The van der Waals surface area contributed by atoms with Crippen molar-refractivity contribution in [1.82, 2.24) is 5.32 Å². The fourth-order valence-corrected chi connectivity index (χ4v) is 0.663. The minimum Gasteiger partial charge on any atom is -0.311 e. The van der Waals surface area contributed by atoms with Crippen molar-refractivity contribution in [1.29, 1.82) is 5.26 Å². The van der Waals surface area contributed by atoms with Gasteiger partial charge in [-0.2, -0.15) is 5.26 Å². The van der Waals surface area contributed by atoms with Crippen LogP contribution in [0.25, 0.3) is 0 Å². The summed E-state index contributed by atoms with van der Waals surface area (Å²) in [6, 6.07) is 1.69. The van der Waals surface area contributed by atoms with Gasteiger partial charge >= 0.3 is 0 Å². The van der Waals surface area contributed by atoms with Crippen molar-refractivity contribution >= 4 is 7.85 Å². The van der Waals surface area contributed by atoms with Gasteiger partial charge in [0.05, 0.1) is 7.85 Å². The number of nitrogens with one attached hydrogen (secondary N) is 1. The molecular weight excluding hydrogens is 154 g/mol. The lowest BCUT2D eigenvalue weighted by Gasteiger charge is -2.19. The summed E-state index contributed by atoms with van der Waals surface area (Å²) in [5, 5.41) is 11.3. The van der Waals surface area contributed by atoms with Crippen LogP contribution >= 0.6 is 0 Å². The Morgan fingerprint density at radius 3 is 2.67 bits per heavy atom. The van der Waals surface area contributed by atoms with Gasteiger partial charge in [-0.15, -0.1) is 0 Å². The van der Waals surface area contributed by atoms with E-state index in [1.165, 1.54) is 0 Å². The number of alkyl halides is 1. The Labute approximate surface area is 74.6 Å². The second kappa shape index (κ2) is 5.15. The summed E-state index contributed by atoms with van der Waals surface area (Å²) in [6.07, 6.45) is 0.652. The monoisotopic (exact) mass is 168 g/mol. The molecule has 0 fully saturated rings. The summed E-state index contributed by atoms with van der Waals surface area (Å²) in [6.45, 7) is 3.56. The highest BCUT2D eigenvalue weighted by Gasteiger charge is 2.26. The molecule has 0 saturated carbocycles. The van der Waals surface area contributed by atoms with Gasteiger partial charge in [-0.3, -0.25) is 0 Å². The third-order valence-electron chi connectivity index (χ3n) is 1.85.